The summed E-state index contributed by atoms with van der Waals surface area (Å²) in [5.74, 6) is 1.10. The van der Waals surface area contributed by atoms with Crippen molar-refractivity contribution in [3.63, 3.8) is 0 Å². The molecule has 0 aliphatic carbocycles. The van der Waals surface area contributed by atoms with E-state index in [0.29, 0.717) is 6.61 Å². The van der Waals surface area contributed by atoms with Gasteiger partial charge in [0.15, 0.2) is 0 Å². The molecule has 6 heteroatoms. The smallest absolute Gasteiger partial charge is 0.122 e. The summed E-state index contributed by atoms with van der Waals surface area (Å²) in [5.41, 5.74) is 3.73. The highest BCUT2D eigenvalue weighted by Crippen LogP contribution is 2.23. The van der Waals surface area contributed by atoms with Crippen LogP contribution in [0.3, 0.4) is 0 Å². The van der Waals surface area contributed by atoms with Gasteiger partial charge in [-0.3, -0.25) is 9.58 Å². The maximum atomic E-state index is 5.26. The number of nitrogens with zero attached hydrogens (tertiary/aromatic N) is 5. The minimum atomic E-state index is 0.583. The second-order valence-corrected chi connectivity index (χ2v) is 5.34. The number of fused-ring (bicyclic) bond motifs is 1. The summed E-state index contributed by atoms with van der Waals surface area (Å²) in [6.45, 7) is 3.43. The molecule has 0 unspecified atom stereocenters. The number of methoxy groups -OCH3 is 1. The molecular weight excluding hydrogens is 254 g/mol. The van der Waals surface area contributed by atoms with Gasteiger partial charge in [0.1, 0.15) is 5.82 Å². The van der Waals surface area contributed by atoms with Gasteiger partial charge in [0.25, 0.3) is 0 Å². The van der Waals surface area contributed by atoms with Gasteiger partial charge in [-0.2, -0.15) is 5.10 Å². The molecule has 0 aromatic carbocycles. The Balaban J connectivity index is 1.79. The van der Waals surface area contributed by atoms with E-state index in [4.69, 9.17) is 4.74 Å². The highest BCUT2D eigenvalue weighted by atomic mass is 16.5. The third kappa shape index (κ3) is 2.36. The Kier molecular flexibility index (Phi) is 3.58. The van der Waals surface area contributed by atoms with Crippen molar-refractivity contribution in [1.29, 1.82) is 0 Å². The number of imidazole rings is 1. The topological polar surface area (TPSA) is 48.1 Å². The number of ether oxygens (including phenoxy) is 1. The summed E-state index contributed by atoms with van der Waals surface area (Å²) in [7, 11) is 5.78. The molecule has 0 N–H and O–H groups in total. The SMILES string of the molecule is COCc1nn(C)c2c1CN(Cc1nccn1C)CC2. The second kappa shape index (κ2) is 5.38. The number of hydrogen-bond donors (Lipinski definition) is 0. The molecule has 0 atom stereocenters. The Bertz CT molecular complexity index is 601. The van der Waals surface area contributed by atoms with E-state index >= 15 is 0 Å². The van der Waals surface area contributed by atoms with E-state index in [1.807, 2.05) is 31.2 Å². The zero-order chi connectivity index (χ0) is 14.1. The van der Waals surface area contributed by atoms with Gasteiger partial charge in [-0.1, -0.05) is 0 Å². The summed E-state index contributed by atoms with van der Waals surface area (Å²) < 4.78 is 9.34. The van der Waals surface area contributed by atoms with E-state index in [0.717, 1.165) is 37.6 Å². The van der Waals surface area contributed by atoms with Crippen LogP contribution in [0.2, 0.25) is 0 Å². The molecular formula is C14H21N5O. The monoisotopic (exact) mass is 275 g/mol. The molecule has 6 nitrogen and oxygen atoms in total. The van der Waals surface area contributed by atoms with Crippen molar-refractivity contribution in [2.45, 2.75) is 26.1 Å². The molecule has 20 heavy (non-hydrogen) atoms. The van der Waals surface area contributed by atoms with Crippen LogP contribution in [-0.2, 0) is 44.9 Å². The average molecular weight is 275 g/mol. The predicted molar refractivity (Wildman–Crippen MR) is 74.9 cm³/mol. The number of aryl methyl sites for hydroxylation is 2. The van der Waals surface area contributed by atoms with Crippen molar-refractivity contribution in [3.8, 4) is 0 Å². The lowest BCUT2D eigenvalue weighted by Crippen LogP contribution is -2.31. The summed E-state index contributed by atoms with van der Waals surface area (Å²) >= 11 is 0. The molecule has 0 fully saturated rings. The van der Waals surface area contributed by atoms with Crippen molar-refractivity contribution < 1.29 is 4.74 Å². The first-order valence-corrected chi connectivity index (χ1v) is 6.90. The quantitative estimate of drug-likeness (QED) is 0.830. The molecule has 108 valence electrons. The predicted octanol–water partition coefficient (Wildman–Crippen LogP) is 0.858. The highest BCUT2D eigenvalue weighted by molar-refractivity contribution is 5.28. The van der Waals surface area contributed by atoms with Crippen molar-refractivity contribution in [2.24, 2.45) is 14.1 Å². The fourth-order valence-corrected chi connectivity index (χ4v) is 2.86. The summed E-state index contributed by atoms with van der Waals surface area (Å²) in [6.07, 6.45) is 4.88. The Labute approximate surface area is 119 Å². The summed E-state index contributed by atoms with van der Waals surface area (Å²) in [6, 6.07) is 0. The van der Waals surface area contributed by atoms with Gasteiger partial charge in [0.2, 0.25) is 0 Å². The Morgan fingerprint density at radius 1 is 1.35 bits per heavy atom. The van der Waals surface area contributed by atoms with Crippen LogP contribution in [0.1, 0.15) is 22.8 Å². The molecule has 0 saturated carbocycles. The molecule has 2 aromatic rings. The van der Waals surface area contributed by atoms with E-state index in [1.54, 1.807) is 7.11 Å². The maximum Gasteiger partial charge on any atom is 0.122 e. The zero-order valence-corrected chi connectivity index (χ0v) is 12.3. The fourth-order valence-electron chi connectivity index (χ4n) is 2.86. The largest absolute Gasteiger partial charge is 0.378 e. The van der Waals surface area contributed by atoms with Gasteiger partial charge >= 0.3 is 0 Å². The first kappa shape index (κ1) is 13.3. The van der Waals surface area contributed by atoms with Gasteiger partial charge in [-0.05, 0) is 0 Å². The zero-order valence-electron chi connectivity index (χ0n) is 12.3. The molecule has 3 rings (SSSR count). The van der Waals surface area contributed by atoms with Gasteiger partial charge in [0.05, 0.1) is 18.8 Å². The van der Waals surface area contributed by atoms with Crippen molar-refractivity contribution >= 4 is 0 Å². The first-order valence-electron chi connectivity index (χ1n) is 6.90. The second-order valence-electron chi connectivity index (χ2n) is 5.34. The molecule has 1 aliphatic heterocycles. The van der Waals surface area contributed by atoms with E-state index in [9.17, 15) is 0 Å². The number of rotatable bonds is 4. The van der Waals surface area contributed by atoms with Crippen LogP contribution < -0.4 is 0 Å². The van der Waals surface area contributed by atoms with Crippen molar-refractivity contribution in [3.05, 3.63) is 35.2 Å². The molecule has 2 aromatic heterocycles. The first-order chi connectivity index (χ1) is 9.69. The lowest BCUT2D eigenvalue weighted by atomic mass is 10.1. The van der Waals surface area contributed by atoms with Gasteiger partial charge in [-0.15, -0.1) is 0 Å². The highest BCUT2D eigenvalue weighted by Gasteiger charge is 2.24. The molecule has 0 bridgehead atoms. The molecule has 0 spiro atoms. The van der Waals surface area contributed by atoms with Crippen LogP contribution in [0, 0.1) is 0 Å². The Hall–Kier alpha value is -1.66. The number of hydrogen-bond acceptors (Lipinski definition) is 4. The lowest BCUT2D eigenvalue weighted by molar-refractivity contribution is 0.177. The van der Waals surface area contributed by atoms with Gasteiger partial charge < -0.3 is 9.30 Å². The Morgan fingerprint density at radius 3 is 2.90 bits per heavy atom. The van der Waals surface area contributed by atoms with Crippen LogP contribution in [-0.4, -0.2) is 37.9 Å². The minimum Gasteiger partial charge on any atom is -0.378 e. The molecule has 0 amide bonds. The Morgan fingerprint density at radius 2 is 2.20 bits per heavy atom. The van der Waals surface area contributed by atoms with Crippen molar-refractivity contribution in [2.75, 3.05) is 13.7 Å². The summed E-state index contributed by atoms with van der Waals surface area (Å²) in [4.78, 5) is 6.83. The van der Waals surface area contributed by atoms with Gasteiger partial charge in [0, 0.05) is 64.4 Å². The lowest BCUT2D eigenvalue weighted by Gasteiger charge is -2.27. The third-order valence-corrected chi connectivity index (χ3v) is 3.97. The molecule has 0 radical (unpaired) electrons. The van der Waals surface area contributed by atoms with Crippen LogP contribution in [0.4, 0.5) is 0 Å². The molecule has 0 saturated heterocycles. The third-order valence-electron chi connectivity index (χ3n) is 3.97. The maximum absolute atomic E-state index is 5.26. The van der Waals surface area contributed by atoms with Crippen LogP contribution >= 0.6 is 0 Å². The van der Waals surface area contributed by atoms with E-state index < -0.39 is 0 Å². The number of aromatic nitrogens is 4. The van der Waals surface area contributed by atoms with E-state index in [2.05, 4.69) is 19.5 Å². The fraction of sp³-hybridized carbons (Fsp3) is 0.571. The van der Waals surface area contributed by atoms with Crippen molar-refractivity contribution in [1.82, 2.24) is 24.2 Å². The van der Waals surface area contributed by atoms with Crippen LogP contribution in [0.15, 0.2) is 12.4 Å². The van der Waals surface area contributed by atoms with Crippen LogP contribution in [0.25, 0.3) is 0 Å². The molecule has 1 aliphatic rings. The normalized spacial score (nSPS) is 15.6. The average Bonchev–Trinajstić information content (AvgIpc) is 2.96. The molecule has 3 heterocycles. The standard InChI is InChI=1S/C14H21N5O/c1-17-7-5-15-14(17)9-19-6-4-13-11(8-19)12(10-20-3)16-18(13)2/h5,7H,4,6,8-10H2,1-3H3. The van der Waals surface area contributed by atoms with Gasteiger partial charge in [-0.25, -0.2) is 4.98 Å². The minimum absolute atomic E-state index is 0.583. The van der Waals surface area contributed by atoms with E-state index in [-0.39, 0.29) is 0 Å². The van der Waals surface area contributed by atoms with Crippen LogP contribution in [0.5, 0.6) is 0 Å². The summed E-state index contributed by atoms with van der Waals surface area (Å²) in [5, 5.41) is 4.58. The van der Waals surface area contributed by atoms with E-state index in [1.165, 1.54) is 11.3 Å².